The summed E-state index contributed by atoms with van der Waals surface area (Å²) in [6.45, 7) is 0.333. The zero-order valence-electron chi connectivity index (χ0n) is 13.6. The van der Waals surface area contributed by atoms with Gasteiger partial charge in [0.2, 0.25) is 0 Å². The van der Waals surface area contributed by atoms with Crippen molar-refractivity contribution >= 4 is 27.3 Å². The molecule has 0 aromatic heterocycles. The summed E-state index contributed by atoms with van der Waals surface area (Å²) < 4.78 is 28.8. The summed E-state index contributed by atoms with van der Waals surface area (Å²) in [5, 5.41) is 0.0985. The fourth-order valence-corrected chi connectivity index (χ4v) is 3.60. The van der Waals surface area contributed by atoms with E-state index >= 15 is 0 Å². The number of hydrogen-bond acceptors (Lipinski definition) is 4. The Hall–Kier alpha value is -2.05. The third-order valence-electron chi connectivity index (χ3n) is 3.52. The molecule has 0 bridgehead atoms. The molecule has 0 aliphatic rings. The third-order valence-corrected chi connectivity index (χ3v) is 5.10. The van der Waals surface area contributed by atoms with Crippen LogP contribution in [0.25, 0.3) is 0 Å². The van der Waals surface area contributed by atoms with Crippen molar-refractivity contribution in [3.05, 3.63) is 58.6 Å². The molecule has 2 aromatic rings. The highest BCUT2D eigenvalue weighted by molar-refractivity contribution is 7.90. The van der Waals surface area contributed by atoms with Crippen LogP contribution in [0, 0.1) is 0 Å². The zero-order valence-corrected chi connectivity index (χ0v) is 15.2. The molecule has 0 fully saturated rings. The first-order valence-electron chi connectivity index (χ1n) is 7.11. The van der Waals surface area contributed by atoms with Gasteiger partial charge in [-0.25, -0.2) is 8.42 Å². The molecule has 0 aliphatic heterocycles. The predicted molar refractivity (Wildman–Crippen MR) is 93.4 cm³/mol. The van der Waals surface area contributed by atoms with E-state index in [0.717, 1.165) is 11.8 Å². The molecular formula is C17H18ClNO4S. The molecule has 0 radical (unpaired) electrons. The van der Waals surface area contributed by atoms with Crippen molar-refractivity contribution in [1.29, 1.82) is 0 Å². The van der Waals surface area contributed by atoms with Crippen LogP contribution in [0.1, 0.15) is 15.9 Å². The Bertz CT molecular complexity index is 865. The van der Waals surface area contributed by atoms with Crippen LogP contribution in [0.4, 0.5) is 0 Å². The highest BCUT2D eigenvalue weighted by Gasteiger charge is 2.18. The largest absolute Gasteiger partial charge is 0.496 e. The number of benzene rings is 2. The molecule has 128 valence electrons. The summed E-state index contributed by atoms with van der Waals surface area (Å²) in [4.78, 5) is 14.0. The Morgan fingerprint density at radius 2 is 1.88 bits per heavy atom. The molecule has 24 heavy (non-hydrogen) atoms. The van der Waals surface area contributed by atoms with Gasteiger partial charge in [-0.3, -0.25) is 4.79 Å². The molecule has 0 N–H and O–H groups in total. The van der Waals surface area contributed by atoms with Gasteiger partial charge in [-0.05, 0) is 24.3 Å². The van der Waals surface area contributed by atoms with Crippen LogP contribution in [0.5, 0.6) is 5.75 Å². The Morgan fingerprint density at radius 1 is 1.21 bits per heavy atom. The zero-order chi connectivity index (χ0) is 17.9. The molecule has 0 saturated carbocycles. The molecule has 0 saturated heterocycles. The number of methoxy groups -OCH3 is 1. The van der Waals surface area contributed by atoms with Crippen molar-refractivity contribution in [1.82, 2.24) is 4.90 Å². The van der Waals surface area contributed by atoms with Crippen LogP contribution < -0.4 is 4.74 Å². The van der Waals surface area contributed by atoms with Gasteiger partial charge in [-0.2, -0.15) is 0 Å². The maximum Gasteiger partial charge on any atom is 0.253 e. The lowest BCUT2D eigenvalue weighted by Crippen LogP contribution is -2.26. The fourth-order valence-electron chi connectivity index (χ4n) is 2.30. The van der Waals surface area contributed by atoms with Crippen molar-refractivity contribution in [3.63, 3.8) is 0 Å². The van der Waals surface area contributed by atoms with E-state index in [2.05, 4.69) is 0 Å². The van der Waals surface area contributed by atoms with Crippen LogP contribution in [0.3, 0.4) is 0 Å². The number of carbonyl (C=O) groups is 1. The Morgan fingerprint density at radius 3 is 2.50 bits per heavy atom. The van der Waals surface area contributed by atoms with Crippen LogP contribution in [-0.4, -0.2) is 39.6 Å². The summed E-state index contributed by atoms with van der Waals surface area (Å²) in [6.07, 6.45) is 1.06. The molecule has 1 amide bonds. The van der Waals surface area contributed by atoms with E-state index in [1.54, 1.807) is 14.2 Å². The highest BCUT2D eigenvalue weighted by atomic mass is 35.5. The number of hydrogen-bond donors (Lipinski definition) is 0. The van der Waals surface area contributed by atoms with Crippen LogP contribution >= 0.6 is 11.6 Å². The minimum absolute atomic E-state index is 0.0549. The van der Waals surface area contributed by atoms with Gasteiger partial charge in [0.1, 0.15) is 5.75 Å². The van der Waals surface area contributed by atoms with E-state index in [0.29, 0.717) is 12.3 Å². The molecule has 5 nitrogen and oxygen atoms in total. The molecule has 0 spiro atoms. The van der Waals surface area contributed by atoms with Crippen molar-refractivity contribution in [2.24, 2.45) is 0 Å². The summed E-state index contributed by atoms with van der Waals surface area (Å²) in [5.74, 6) is 0.382. The second-order valence-corrected chi connectivity index (χ2v) is 7.78. The molecular weight excluding hydrogens is 350 g/mol. The van der Waals surface area contributed by atoms with E-state index in [9.17, 15) is 13.2 Å². The summed E-state index contributed by atoms with van der Waals surface area (Å²) in [6, 6.07) is 11.6. The second kappa shape index (κ2) is 7.23. The SMILES string of the molecule is COc1ccccc1CN(C)C(=O)c1ccc(Cl)c(S(C)(=O)=O)c1. The molecule has 0 heterocycles. The Balaban J connectivity index is 2.28. The lowest BCUT2D eigenvalue weighted by molar-refractivity contribution is 0.0784. The van der Waals surface area contributed by atoms with E-state index in [1.807, 2.05) is 24.3 Å². The quantitative estimate of drug-likeness (QED) is 0.814. The number of halogens is 1. The van der Waals surface area contributed by atoms with E-state index in [-0.39, 0.29) is 21.4 Å². The Kier molecular flexibility index (Phi) is 5.51. The number of carbonyl (C=O) groups excluding carboxylic acids is 1. The molecule has 7 heteroatoms. The van der Waals surface area contributed by atoms with Gasteiger partial charge in [0.05, 0.1) is 17.0 Å². The topological polar surface area (TPSA) is 63.7 Å². The monoisotopic (exact) mass is 367 g/mol. The molecule has 2 aromatic carbocycles. The average Bonchev–Trinajstić information content (AvgIpc) is 2.54. The van der Waals surface area contributed by atoms with Crippen LogP contribution in [0.15, 0.2) is 47.4 Å². The van der Waals surface area contributed by atoms with E-state index in [4.69, 9.17) is 16.3 Å². The van der Waals surface area contributed by atoms with Gasteiger partial charge < -0.3 is 9.64 Å². The average molecular weight is 368 g/mol. The first-order valence-corrected chi connectivity index (χ1v) is 9.38. The van der Waals surface area contributed by atoms with Gasteiger partial charge >= 0.3 is 0 Å². The summed E-state index contributed by atoms with van der Waals surface area (Å²) >= 11 is 5.91. The van der Waals surface area contributed by atoms with E-state index in [1.165, 1.54) is 23.1 Å². The second-order valence-electron chi connectivity index (χ2n) is 5.39. The highest BCUT2D eigenvalue weighted by Crippen LogP contribution is 2.24. The van der Waals surface area contributed by atoms with Gasteiger partial charge in [0.15, 0.2) is 9.84 Å². The number of ether oxygens (including phenoxy) is 1. The maximum atomic E-state index is 12.6. The van der Waals surface area contributed by atoms with Crippen molar-refractivity contribution < 1.29 is 17.9 Å². The van der Waals surface area contributed by atoms with Crippen molar-refractivity contribution in [3.8, 4) is 5.75 Å². The lowest BCUT2D eigenvalue weighted by Gasteiger charge is -2.19. The number of sulfone groups is 1. The van der Waals surface area contributed by atoms with Gasteiger partial charge in [-0.15, -0.1) is 0 Å². The summed E-state index contributed by atoms with van der Waals surface area (Å²) in [5.41, 5.74) is 1.12. The third kappa shape index (κ3) is 4.07. The number of amides is 1. The smallest absolute Gasteiger partial charge is 0.253 e. The Labute approximate surface area is 146 Å². The number of nitrogens with zero attached hydrogens (tertiary/aromatic N) is 1. The van der Waals surface area contributed by atoms with Crippen molar-refractivity contribution in [2.75, 3.05) is 20.4 Å². The maximum absolute atomic E-state index is 12.6. The van der Waals surface area contributed by atoms with Crippen molar-refractivity contribution in [2.45, 2.75) is 11.4 Å². The lowest BCUT2D eigenvalue weighted by atomic mass is 10.1. The van der Waals surface area contributed by atoms with Gasteiger partial charge in [0.25, 0.3) is 5.91 Å². The minimum atomic E-state index is -3.51. The van der Waals surface area contributed by atoms with Gasteiger partial charge in [0, 0.05) is 31.0 Å². The minimum Gasteiger partial charge on any atom is -0.496 e. The number of para-hydroxylation sites is 1. The molecule has 0 aliphatic carbocycles. The molecule has 0 unspecified atom stereocenters. The standard InChI is InChI=1S/C17H18ClNO4S/c1-19(11-13-6-4-5-7-15(13)23-2)17(20)12-8-9-14(18)16(10-12)24(3,21)22/h4-10H,11H2,1-3H3. The molecule has 2 rings (SSSR count). The first kappa shape index (κ1) is 18.3. The summed E-state index contributed by atoms with van der Waals surface area (Å²) in [7, 11) is -0.297. The van der Waals surface area contributed by atoms with Gasteiger partial charge in [-0.1, -0.05) is 29.8 Å². The fraction of sp³-hybridized carbons (Fsp3) is 0.235. The normalized spacial score (nSPS) is 11.2. The number of rotatable bonds is 5. The van der Waals surface area contributed by atoms with E-state index < -0.39 is 9.84 Å². The first-order chi connectivity index (χ1) is 11.2. The predicted octanol–water partition coefficient (Wildman–Crippen LogP) is 3.02. The van der Waals surface area contributed by atoms with Crippen LogP contribution in [-0.2, 0) is 16.4 Å². The molecule has 0 atom stereocenters. The van der Waals surface area contributed by atoms with Crippen LogP contribution in [0.2, 0.25) is 5.02 Å².